The maximum atomic E-state index is 4.00. The van der Waals surface area contributed by atoms with Crippen LogP contribution in [-0.2, 0) is 13.1 Å². The normalized spacial score (nSPS) is 10.8. The molecular weight excluding hydrogens is 202 g/mol. The highest BCUT2D eigenvalue weighted by Crippen LogP contribution is 2.01. The molecule has 0 radical (unpaired) electrons. The van der Waals surface area contributed by atoms with E-state index < -0.39 is 0 Å². The molecule has 0 atom stereocenters. The van der Waals surface area contributed by atoms with Crippen LogP contribution >= 0.6 is 0 Å². The fraction of sp³-hybridized carbons (Fsp3) is 0.455. The number of hydrogen-bond donors (Lipinski definition) is 2. The Morgan fingerprint density at radius 2 is 2.44 bits per heavy atom. The number of aryl methyl sites for hydroxylation is 2. The highest BCUT2D eigenvalue weighted by molar-refractivity contribution is 5.13. The number of imidazole rings is 1. The molecule has 0 aromatic carbocycles. The second kappa shape index (κ2) is 5.46. The molecule has 2 rings (SSSR count). The van der Waals surface area contributed by atoms with E-state index in [1.165, 1.54) is 5.56 Å². The Hall–Kier alpha value is -1.62. The summed E-state index contributed by atoms with van der Waals surface area (Å²) < 4.78 is 2.09. The van der Waals surface area contributed by atoms with Gasteiger partial charge >= 0.3 is 0 Å². The molecule has 86 valence electrons. The molecular formula is C11H17N5. The van der Waals surface area contributed by atoms with Crippen LogP contribution in [0.5, 0.6) is 0 Å². The molecule has 2 aromatic rings. The van der Waals surface area contributed by atoms with Gasteiger partial charge in [-0.1, -0.05) is 0 Å². The summed E-state index contributed by atoms with van der Waals surface area (Å²) in [6.07, 6.45) is 8.62. The van der Waals surface area contributed by atoms with E-state index in [4.69, 9.17) is 0 Å². The van der Waals surface area contributed by atoms with E-state index in [1.807, 2.05) is 31.8 Å². The molecule has 0 bridgehead atoms. The van der Waals surface area contributed by atoms with Crippen LogP contribution in [0, 0.1) is 6.92 Å². The van der Waals surface area contributed by atoms with Crippen molar-refractivity contribution in [1.29, 1.82) is 0 Å². The van der Waals surface area contributed by atoms with Crippen LogP contribution in [0.2, 0.25) is 0 Å². The zero-order valence-corrected chi connectivity index (χ0v) is 9.48. The van der Waals surface area contributed by atoms with E-state index in [-0.39, 0.29) is 0 Å². The summed E-state index contributed by atoms with van der Waals surface area (Å²) in [5, 5.41) is 10.3. The lowest BCUT2D eigenvalue weighted by Crippen LogP contribution is -2.16. The number of nitrogens with zero attached hydrogens (tertiary/aromatic N) is 3. The van der Waals surface area contributed by atoms with Crippen molar-refractivity contribution in [2.45, 2.75) is 26.4 Å². The lowest BCUT2D eigenvalue weighted by molar-refractivity contribution is 0.580. The highest BCUT2D eigenvalue weighted by Gasteiger charge is 1.98. The smallest absolute Gasteiger partial charge is 0.0945 e. The zero-order chi connectivity index (χ0) is 11.2. The van der Waals surface area contributed by atoms with Crippen LogP contribution in [0.3, 0.4) is 0 Å². The van der Waals surface area contributed by atoms with Gasteiger partial charge in [0.05, 0.1) is 12.5 Å². The maximum Gasteiger partial charge on any atom is 0.0945 e. The summed E-state index contributed by atoms with van der Waals surface area (Å²) in [7, 11) is 0. The monoisotopic (exact) mass is 219 g/mol. The van der Waals surface area contributed by atoms with Gasteiger partial charge in [-0.2, -0.15) is 5.10 Å². The van der Waals surface area contributed by atoms with E-state index in [9.17, 15) is 0 Å². The average Bonchev–Trinajstić information content (AvgIpc) is 2.90. The molecule has 0 fully saturated rings. The molecule has 2 heterocycles. The summed E-state index contributed by atoms with van der Waals surface area (Å²) in [6, 6.07) is 0. The highest BCUT2D eigenvalue weighted by atomic mass is 15.1. The van der Waals surface area contributed by atoms with Crippen molar-refractivity contribution in [2.75, 3.05) is 6.54 Å². The van der Waals surface area contributed by atoms with Gasteiger partial charge in [0.15, 0.2) is 0 Å². The summed E-state index contributed by atoms with van der Waals surface area (Å²) in [5.41, 5.74) is 2.38. The molecule has 0 aliphatic heterocycles. The molecule has 0 amide bonds. The third-order valence-corrected chi connectivity index (χ3v) is 2.58. The molecule has 0 aliphatic rings. The summed E-state index contributed by atoms with van der Waals surface area (Å²) in [6.45, 7) is 4.93. The molecule has 0 aliphatic carbocycles. The minimum Gasteiger partial charge on any atom is -0.337 e. The SMILES string of the molecule is Cc1[nH]ncc1CNCCCn1ccnc1. The topological polar surface area (TPSA) is 58.5 Å². The molecule has 0 unspecified atom stereocenters. The molecule has 2 aromatic heterocycles. The van der Waals surface area contributed by atoms with Crippen molar-refractivity contribution in [3.8, 4) is 0 Å². The molecule has 5 heteroatoms. The Morgan fingerprint density at radius 1 is 1.50 bits per heavy atom. The van der Waals surface area contributed by atoms with Crippen molar-refractivity contribution in [2.24, 2.45) is 0 Å². The van der Waals surface area contributed by atoms with Gasteiger partial charge in [0, 0.05) is 36.7 Å². The fourth-order valence-corrected chi connectivity index (χ4v) is 1.58. The third kappa shape index (κ3) is 2.93. The maximum absolute atomic E-state index is 4.00. The van der Waals surface area contributed by atoms with Gasteiger partial charge in [0.25, 0.3) is 0 Å². The second-order valence-electron chi connectivity index (χ2n) is 3.85. The van der Waals surface area contributed by atoms with E-state index in [1.54, 1.807) is 0 Å². The molecule has 2 N–H and O–H groups in total. The van der Waals surface area contributed by atoms with E-state index >= 15 is 0 Å². The number of rotatable bonds is 6. The van der Waals surface area contributed by atoms with Gasteiger partial charge in [-0.05, 0) is 19.9 Å². The van der Waals surface area contributed by atoms with Crippen LogP contribution in [0.15, 0.2) is 24.9 Å². The molecule has 16 heavy (non-hydrogen) atoms. The van der Waals surface area contributed by atoms with Crippen LogP contribution in [0.25, 0.3) is 0 Å². The number of hydrogen-bond acceptors (Lipinski definition) is 3. The second-order valence-corrected chi connectivity index (χ2v) is 3.85. The lowest BCUT2D eigenvalue weighted by Gasteiger charge is -2.04. The van der Waals surface area contributed by atoms with Gasteiger partial charge in [0.2, 0.25) is 0 Å². The van der Waals surface area contributed by atoms with Gasteiger partial charge in [-0.3, -0.25) is 5.10 Å². The summed E-state index contributed by atoms with van der Waals surface area (Å²) in [4.78, 5) is 4.00. The van der Waals surface area contributed by atoms with Crippen molar-refractivity contribution in [3.05, 3.63) is 36.2 Å². The molecule has 0 spiro atoms. The minimum absolute atomic E-state index is 0.881. The van der Waals surface area contributed by atoms with Gasteiger partial charge in [-0.15, -0.1) is 0 Å². The predicted molar refractivity (Wildman–Crippen MR) is 61.9 cm³/mol. The van der Waals surface area contributed by atoms with Gasteiger partial charge in [0.1, 0.15) is 0 Å². The predicted octanol–water partition coefficient (Wildman–Crippen LogP) is 1.09. The Kier molecular flexibility index (Phi) is 3.71. The van der Waals surface area contributed by atoms with Crippen molar-refractivity contribution >= 4 is 0 Å². The van der Waals surface area contributed by atoms with Crippen molar-refractivity contribution < 1.29 is 0 Å². The average molecular weight is 219 g/mol. The van der Waals surface area contributed by atoms with Crippen LogP contribution in [0.4, 0.5) is 0 Å². The Balaban J connectivity index is 1.61. The quantitative estimate of drug-likeness (QED) is 0.715. The fourth-order valence-electron chi connectivity index (χ4n) is 1.58. The Labute approximate surface area is 94.9 Å². The standard InChI is InChI=1S/C11H17N5/c1-10-11(8-14-15-10)7-12-3-2-5-16-6-4-13-9-16/h4,6,8-9,12H,2-3,5,7H2,1H3,(H,14,15). The van der Waals surface area contributed by atoms with Crippen molar-refractivity contribution in [1.82, 2.24) is 25.1 Å². The number of H-pyrrole nitrogens is 1. The van der Waals surface area contributed by atoms with E-state index in [0.29, 0.717) is 0 Å². The number of aromatic amines is 1. The molecule has 5 nitrogen and oxygen atoms in total. The first-order chi connectivity index (χ1) is 7.86. The number of nitrogens with one attached hydrogen (secondary N) is 2. The molecule has 0 saturated heterocycles. The van der Waals surface area contributed by atoms with Crippen molar-refractivity contribution in [3.63, 3.8) is 0 Å². The third-order valence-electron chi connectivity index (χ3n) is 2.58. The largest absolute Gasteiger partial charge is 0.337 e. The molecule has 0 saturated carbocycles. The lowest BCUT2D eigenvalue weighted by atomic mass is 10.2. The first-order valence-corrected chi connectivity index (χ1v) is 5.51. The Bertz CT molecular complexity index is 404. The van der Waals surface area contributed by atoms with Crippen LogP contribution in [0.1, 0.15) is 17.7 Å². The van der Waals surface area contributed by atoms with E-state index in [2.05, 4.69) is 25.1 Å². The first kappa shape index (κ1) is 10.9. The first-order valence-electron chi connectivity index (χ1n) is 5.51. The van der Waals surface area contributed by atoms with E-state index in [0.717, 1.165) is 31.7 Å². The zero-order valence-electron chi connectivity index (χ0n) is 9.48. The number of aromatic nitrogens is 4. The van der Waals surface area contributed by atoms with Crippen LogP contribution in [-0.4, -0.2) is 26.3 Å². The Morgan fingerprint density at radius 3 is 3.12 bits per heavy atom. The van der Waals surface area contributed by atoms with Crippen LogP contribution < -0.4 is 5.32 Å². The summed E-state index contributed by atoms with van der Waals surface area (Å²) >= 11 is 0. The summed E-state index contributed by atoms with van der Waals surface area (Å²) in [5.74, 6) is 0. The minimum atomic E-state index is 0.881. The van der Waals surface area contributed by atoms with Gasteiger partial charge < -0.3 is 9.88 Å². The van der Waals surface area contributed by atoms with Gasteiger partial charge in [-0.25, -0.2) is 4.98 Å².